The van der Waals surface area contributed by atoms with Gasteiger partial charge in [0.15, 0.2) is 11.5 Å². The van der Waals surface area contributed by atoms with E-state index in [1.807, 2.05) is 0 Å². The topological polar surface area (TPSA) is 103 Å². The Kier molecular flexibility index (Phi) is 6.90. The highest BCUT2D eigenvalue weighted by Gasteiger charge is 2.46. The first kappa shape index (κ1) is 22.8. The van der Waals surface area contributed by atoms with Crippen LogP contribution in [0.4, 0.5) is 0 Å². The number of benzene rings is 1. The molecule has 2 saturated heterocycles. The number of quaternary nitrogens is 1. The number of likely N-dealkylation sites (tertiary alicyclic amines) is 1. The molecule has 1 atom stereocenters. The van der Waals surface area contributed by atoms with E-state index in [9.17, 15) is 14.7 Å². The second-order valence-electron chi connectivity index (χ2n) is 7.96. The molecule has 2 aliphatic heterocycles. The second kappa shape index (κ2) is 10.0. The van der Waals surface area contributed by atoms with Crippen LogP contribution in [0.3, 0.4) is 0 Å². The molecule has 1 aromatic heterocycles. The molecule has 0 bridgehead atoms. The number of rotatable bonds is 7. The third-order valence-corrected chi connectivity index (χ3v) is 6.10. The van der Waals surface area contributed by atoms with Crippen LogP contribution >= 0.6 is 0 Å². The Morgan fingerprint density at radius 2 is 1.94 bits per heavy atom. The normalized spacial score (nSPS) is 20.8. The van der Waals surface area contributed by atoms with Crippen molar-refractivity contribution < 1.29 is 33.8 Å². The molecule has 2 aromatic rings. The average molecular weight is 455 g/mol. The molecule has 2 N–H and O–H groups in total. The summed E-state index contributed by atoms with van der Waals surface area (Å²) < 4.78 is 16.0. The van der Waals surface area contributed by atoms with Gasteiger partial charge in [-0.2, -0.15) is 0 Å². The first-order valence-corrected chi connectivity index (χ1v) is 10.9. The summed E-state index contributed by atoms with van der Waals surface area (Å²) in [5.74, 6) is -0.701. The lowest BCUT2D eigenvalue weighted by molar-refractivity contribution is -0.907. The molecule has 2 fully saturated rings. The fourth-order valence-corrected chi connectivity index (χ4v) is 4.32. The average Bonchev–Trinajstić information content (AvgIpc) is 3.12. The number of aliphatic hydroxyl groups excluding tert-OH is 1. The molecule has 1 amide bonds. The van der Waals surface area contributed by atoms with Crippen molar-refractivity contribution in [3.63, 3.8) is 0 Å². The Labute approximate surface area is 192 Å². The molecular weight excluding hydrogens is 426 g/mol. The lowest BCUT2D eigenvalue weighted by Crippen LogP contribution is -3.14. The molecule has 0 spiro atoms. The van der Waals surface area contributed by atoms with Gasteiger partial charge >= 0.3 is 0 Å². The summed E-state index contributed by atoms with van der Waals surface area (Å²) in [7, 11) is 3.01. The number of carbonyl (C=O) groups is 2. The van der Waals surface area contributed by atoms with E-state index in [1.54, 1.807) is 42.7 Å². The van der Waals surface area contributed by atoms with Gasteiger partial charge in [-0.1, -0.05) is 6.07 Å². The number of ketones is 1. The van der Waals surface area contributed by atoms with E-state index in [2.05, 4.69) is 4.98 Å². The number of hydrogen-bond acceptors (Lipinski definition) is 7. The molecule has 9 nitrogen and oxygen atoms in total. The van der Waals surface area contributed by atoms with Crippen molar-refractivity contribution >= 4 is 17.4 Å². The van der Waals surface area contributed by atoms with Crippen LogP contribution in [0, 0.1) is 0 Å². The predicted octanol–water partition coefficient (Wildman–Crippen LogP) is 0.436. The smallest absolute Gasteiger partial charge is 0.295 e. The number of amides is 1. The van der Waals surface area contributed by atoms with E-state index < -0.39 is 17.7 Å². The fourth-order valence-electron chi connectivity index (χ4n) is 4.32. The number of Topliss-reactive ketones (excluding diaryl/α,β-unsaturated/α-hetero) is 1. The molecule has 3 heterocycles. The van der Waals surface area contributed by atoms with Gasteiger partial charge in [0, 0.05) is 18.0 Å². The van der Waals surface area contributed by atoms with Gasteiger partial charge in [0.2, 0.25) is 0 Å². The van der Waals surface area contributed by atoms with E-state index in [4.69, 9.17) is 14.2 Å². The Bertz CT molecular complexity index is 1050. The lowest BCUT2D eigenvalue weighted by atomic mass is 9.96. The summed E-state index contributed by atoms with van der Waals surface area (Å²) >= 11 is 0. The Hall–Kier alpha value is -3.43. The maximum atomic E-state index is 13.1. The van der Waals surface area contributed by atoms with Crippen LogP contribution in [0.25, 0.3) is 5.76 Å². The van der Waals surface area contributed by atoms with Crippen LogP contribution in [0.5, 0.6) is 11.5 Å². The largest absolute Gasteiger partial charge is 0.507 e. The Morgan fingerprint density at radius 1 is 1.18 bits per heavy atom. The van der Waals surface area contributed by atoms with Crippen molar-refractivity contribution in [3.05, 3.63) is 59.4 Å². The molecule has 0 radical (unpaired) electrons. The van der Waals surface area contributed by atoms with Crippen molar-refractivity contribution in [1.29, 1.82) is 0 Å². The number of nitrogens with one attached hydrogen (secondary N) is 1. The highest BCUT2D eigenvalue weighted by Crippen LogP contribution is 2.40. The van der Waals surface area contributed by atoms with Gasteiger partial charge < -0.3 is 29.1 Å². The number of methoxy groups -OCH3 is 2. The number of pyridine rings is 1. The zero-order chi connectivity index (χ0) is 23.4. The van der Waals surface area contributed by atoms with Gasteiger partial charge in [-0.15, -0.1) is 0 Å². The van der Waals surface area contributed by atoms with Crippen LogP contribution < -0.4 is 14.4 Å². The molecule has 0 saturated carbocycles. The first-order chi connectivity index (χ1) is 16.0. The zero-order valence-corrected chi connectivity index (χ0v) is 18.7. The summed E-state index contributed by atoms with van der Waals surface area (Å²) in [6.07, 6.45) is 3.24. The molecule has 9 heteroatoms. The molecule has 0 unspecified atom stereocenters. The zero-order valence-electron chi connectivity index (χ0n) is 18.7. The van der Waals surface area contributed by atoms with Crippen LogP contribution in [0.1, 0.15) is 17.2 Å². The van der Waals surface area contributed by atoms with Crippen molar-refractivity contribution in [2.75, 3.05) is 53.6 Å². The van der Waals surface area contributed by atoms with Gasteiger partial charge in [0.05, 0.1) is 52.1 Å². The lowest BCUT2D eigenvalue weighted by Gasteiger charge is -2.29. The number of hydrogen-bond donors (Lipinski definition) is 2. The number of aliphatic hydroxyl groups is 1. The number of nitrogens with zero attached hydrogens (tertiary/aromatic N) is 2. The van der Waals surface area contributed by atoms with Crippen LogP contribution in [0.15, 0.2) is 48.3 Å². The molecule has 0 aliphatic carbocycles. The van der Waals surface area contributed by atoms with Crippen LogP contribution in [-0.2, 0) is 14.3 Å². The number of ether oxygens (including phenoxy) is 3. The van der Waals surface area contributed by atoms with E-state index in [1.165, 1.54) is 24.0 Å². The third-order valence-electron chi connectivity index (χ3n) is 6.10. The Balaban J connectivity index is 1.73. The monoisotopic (exact) mass is 454 g/mol. The van der Waals surface area contributed by atoms with Gasteiger partial charge in [0.25, 0.3) is 11.7 Å². The molecule has 174 valence electrons. The van der Waals surface area contributed by atoms with E-state index in [-0.39, 0.29) is 11.3 Å². The maximum absolute atomic E-state index is 13.1. The van der Waals surface area contributed by atoms with Crippen molar-refractivity contribution in [3.8, 4) is 11.5 Å². The Morgan fingerprint density at radius 3 is 2.61 bits per heavy atom. The summed E-state index contributed by atoms with van der Waals surface area (Å²) in [6, 6.07) is 7.68. The van der Waals surface area contributed by atoms with Gasteiger partial charge in [-0.05, 0) is 29.8 Å². The minimum Gasteiger partial charge on any atom is -0.507 e. The van der Waals surface area contributed by atoms with Gasteiger partial charge in [0.1, 0.15) is 18.8 Å². The minimum absolute atomic E-state index is 0.0391. The first-order valence-electron chi connectivity index (χ1n) is 10.9. The second-order valence-corrected chi connectivity index (χ2v) is 7.96. The van der Waals surface area contributed by atoms with E-state index in [0.29, 0.717) is 48.9 Å². The van der Waals surface area contributed by atoms with Crippen molar-refractivity contribution in [2.24, 2.45) is 0 Å². The van der Waals surface area contributed by atoms with Crippen LogP contribution in [-0.4, -0.2) is 80.3 Å². The molecule has 33 heavy (non-hydrogen) atoms. The third kappa shape index (κ3) is 4.55. The minimum atomic E-state index is -0.729. The van der Waals surface area contributed by atoms with Crippen molar-refractivity contribution in [1.82, 2.24) is 9.88 Å². The summed E-state index contributed by atoms with van der Waals surface area (Å²) in [4.78, 5) is 33.2. The number of aromatic nitrogens is 1. The predicted molar refractivity (Wildman–Crippen MR) is 119 cm³/mol. The number of morpholine rings is 1. The summed E-state index contributed by atoms with van der Waals surface area (Å²) in [5, 5.41) is 11.2. The molecule has 2 aliphatic rings. The van der Waals surface area contributed by atoms with Gasteiger partial charge in [-0.25, -0.2) is 0 Å². The maximum Gasteiger partial charge on any atom is 0.295 e. The molecular formula is C24H28N3O6+. The van der Waals surface area contributed by atoms with Crippen molar-refractivity contribution in [2.45, 2.75) is 6.04 Å². The number of carbonyl (C=O) groups excluding carboxylic acids is 2. The van der Waals surface area contributed by atoms with E-state index in [0.717, 1.165) is 13.1 Å². The fraction of sp³-hybridized carbons (Fsp3) is 0.375. The quantitative estimate of drug-likeness (QED) is 0.356. The SMILES string of the molecule is COc1ccc(/C(O)=C2\C(=O)C(=O)N(CC[NH+]3CCOCC3)[C@@H]2c2cccnc2)cc1OC. The molecule has 4 rings (SSSR count). The standard InChI is InChI=1S/C24H27N3O6/c1-31-18-6-5-16(14-19(18)32-2)22(28)20-21(17-4-3-7-25-15-17)27(24(30)23(20)29)9-8-26-10-12-33-13-11-26/h3-7,14-15,21,28H,8-13H2,1-2H3/p+1/b22-20+/t21-/m1/s1. The molecule has 1 aromatic carbocycles. The van der Waals surface area contributed by atoms with Gasteiger partial charge in [-0.3, -0.25) is 14.6 Å². The van der Waals surface area contributed by atoms with Crippen LogP contribution in [0.2, 0.25) is 0 Å². The highest BCUT2D eigenvalue weighted by atomic mass is 16.5. The summed E-state index contributed by atoms with van der Waals surface area (Å²) in [5.41, 5.74) is 1.06. The highest BCUT2D eigenvalue weighted by molar-refractivity contribution is 6.46. The summed E-state index contributed by atoms with van der Waals surface area (Å²) in [6.45, 7) is 4.13. The van der Waals surface area contributed by atoms with E-state index >= 15 is 0 Å².